The standard InChI is InChI=1S/C17H21ClN4O2S/c1-4-10(2)25-17-19-14-13(15(23)20-16(24)21(14)3)22(17)9-11-5-7-12(18)8-6-11/h5-8,10,13-14H,4,9H2,1-3H3,(H,20,23,24). The average Bonchev–Trinajstić information content (AvgIpc) is 2.93. The molecule has 0 saturated carbocycles. The van der Waals surface area contributed by atoms with E-state index in [2.05, 4.69) is 19.2 Å². The van der Waals surface area contributed by atoms with Gasteiger partial charge in [-0.05, 0) is 24.1 Å². The zero-order chi connectivity index (χ0) is 18.1. The molecule has 2 aliphatic rings. The summed E-state index contributed by atoms with van der Waals surface area (Å²) in [5, 5.41) is 4.26. The van der Waals surface area contributed by atoms with Gasteiger partial charge in [-0.3, -0.25) is 10.1 Å². The van der Waals surface area contributed by atoms with Crippen LogP contribution >= 0.6 is 23.4 Å². The lowest BCUT2D eigenvalue weighted by Crippen LogP contribution is -2.63. The Balaban J connectivity index is 1.90. The molecule has 8 heteroatoms. The third-order valence-corrected chi connectivity index (χ3v) is 6.01. The van der Waals surface area contributed by atoms with Crippen molar-refractivity contribution in [1.29, 1.82) is 0 Å². The van der Waals surface area contributed by atoms with E-state index in [9.17, 15) is 9.59 Å². The number of hydrogen-bond donors (Lipinski definition) is 1. The highest BCUT2D eigenvalue weighted by atomic mass is 35.5. The molecule has 3 amide bonds. The normalized spacial score (nSPS) is 24.1. The highest BCUT2D eigenvalue weighted by molar-refractivity contribution is 8.14. The van der Waals surface area contributed by atoms with E-state index in [1.807, 2.05) is 29.2 Å². The third-order valence-electron chi connectivity index (χ3n) is 4.47. The quantitative estimate of drug-likeness (QED) is 0.872. The number of amidine groups is 1. The Hall–Kier alpha value is -1.73. The molecule has 6 nitrogen and oxygen atoms in total. The van der Waals surface area contributed by atoms with E-state index in [0.29, 0.717) is 16.8 Å². The predicted octanol–water partition coefficient (Wildman–Crippen LogP) is 2.92. The van der Waals surface area contributed by atoms with Crippen LogP contribution in [0.3, 0.4) is 0 Å². The fourth-order valence-corrected chi connectivity index (χ4v) is 3.95. The van der Waals surface area contributed by atoms with Crippen molar-refractivity contribution in [3.05, 3.63) is 34.9 Å². The molecule has 0 aliphatic carbocycles. The molecule has 2 heterocycles. The summed E-state index contributed by atoms with van der Waals surface area (Å²) in [6.45, 7) is 4.78. The minimum absolute atomic E-state index is 0.300. The molecule has 1 aromatic carbocycles. The largest absolute Gasteiger partial charge is 0.331 e. The number of nitrogens with zero attached hydrogens (tertiary/aromatic N) is 3. The number of benzene rings is 1. The number of halogens is 1. The van der Waals surface area contributed by atoms with Crippen LogP contribution < -0.4 is 5.32 Å². The Morgan fingerprint density at radius 2 is 2.00 bits per heavy atom. The Morgan fingerprint density at radius 1 is 1.32 bits per heavy atom. The Bertz CT molecular complexity index is 709. The van der Waals surface area contributed by atoms with Crippen LogP contribution in [0.4, 0.5) is 4.79 Å². The molecule has 0 radical (unpaired) electrons. The number of hydrogen-bond acceptors (Lipinski definition) is 5. The molecule has 134 valence electrons. The van der Waals surface area contributed by atoms with Crippen LogP contribution in [0.15, 0.2) is 29.3 Å². The lowest BCUT2D eigenvalue weighted by molar-refractivity contribution is -0.127. The minimum atomic E-state index is -0.509. The number of thioether (sulfide) groups is 1. The maximum Gasteiger partial charge on any atom is 0.325 e. The van der Waals surface area contributed by atoms with Crippen LogP contribution in [0, 0.1) is 0 Å². The minimum Gasteiger partial charge on any atom is -0.331 e. The van der Waals surface area contributed by atoms with Gasteiger partial charge in [0.2, 0.25) is 0 Å². The first-order chi connectivity index (χ1) is 11.9. The molecule has 0 bridgehead atoms. The summed E-state index contributed by atoms with van der Waals surface area (Å²) in [4.78, 5) is 32.6. The first kappa shape index (κ1) is 18.1. The van der Waals surface area contributed by atoms with E-state index in [0.717, 1.165) is 17.2 Å². The number of fused-ring (bicyclic) bond motifs is 1. The van der Waals surface area contributed by atoms with Gasteiger partial charge in [0, 0.05) is 23.9 Å². The summed E-state index contributed by atoms with van der Waals surface area (Å²) in [7, 11) is 1.67. The second-order valence-corrected chi connectivity index (χ2v) is 8.11. The maximum absolute atomic E-state index is 12.5. The summed E-state index contributed by atoms with van der Waals surface area (Å²) in [5.41, 5.74) is 1.04. The number of carbonyl (C=O) groups is 2. The first-order valence-electron chi connectivity index (χ1n) is 8.24. The number of rotatable bonds is 4. The molecule has 25 heavy (non-hydrogen) atoms. The lowest BCUT2D eigenvalue weighted by Gasteiger charge is -2.36. The summed E-state index contributed by atoms with van der Waals surface area (Å²) < 4.78 is 0. The van der Waals surface area contributed by atoms with E-state index >= 15 is 0 Å². The SMILES string of the molecule is CCC(C)SC1=NC2C(C(=O)NC(=O)N2C)N1Cc1ccc(Cl)cc1. The van der Waals surface area contributed by atoms with Crippen molar-refractivity contribution < 1.29 is 9.59 Å². The average molecular weight is 381 g/mol. The van der Waals surface area contributed by atoms with E-state index in [4.69, 9.17) is 16.6 Å². The van der Waals surface area contributed by atoms with Gasteiger partial charge in [-0.1, -0.05) is 49.3 Å². The van der Waals surface area contributed by atoms with E-state index < -0.39 is 18.2 Å². The Morgan fingerprint density at radius 3 is 2.64 bits per heavy atom. The van der Waals surface area contributed by atoms with Crippen molar-refractivity contribution in [3.63, 3.8) is 0 Å². The lowest BCUT2D eigenvalue weighted by atomic mass is 10.1. The van der Waals surface area contributed by atoms with Gasteiger partial charge >= 0.3 is 6.03 Å². The Kier molecular flexibility index (Phi) is 5.24. The molecular weight excluding hydrogens is 360 g/mol. The number of carbonyl (C=O) groups excluding carboxylic acids is 2. The Labute approximate surface area is 156 Å². The number of urea groups is 1. The molecular formula is C17H21ClN4O2S. The van der Waals surface area contributed by atoms with Crippen LogP contribution in [-0.2, 0) is 11.3 Å². The van der Waals surface area contributed by atoms with Gasteiger partial charge in [-0.15, -0.1) is 0 Å². The number of amides is 3. The first-order valence-corrected chi connectivity index (χ1v) is 9.49. The molecule has 1 N–H and O–H groups in total. The van der Waals surface area contributed by atoms with Crippen LogP contribution in [0.1, 0.15) is 25.8 Å². The van der Waals surface area contributed by atoms with Gasteiger partial charge in [0.25, 0.3) is 5.91 Å². The maximum atomic E-state index is 12.5. The molecule has 1 aromatic rings. The van der Waals surface area contributed by atoms with Crippen molar-refractivity contribution in [2.24, 2.45) is 4.99 Å². The zero-order valence-corrected chi connectivity index (χ0v) is 16.0. The second-order valence-electron chi connectivity index (χ2n) is 6.27. The number of nitrogens with one attached hydrogen (secondary N) is 1. The van der Waals surface area contributed by atoms with Gasteiger partial charge < -0.3 is 9.80 Å². The van der Waals surface area contributed by atoms with Crippen LogP contribution in [-0.4, -0.2) is 51.4 Å². The topological polar surface area (TPSA) is 65.0 Å². The summed E-state index contributed by atoms with van der Waals surface area (Å²) in [6, 6.07) is 6.63. The van der Waals surface area contributed by atoms with Crippen molar-refractivity contribution in [1.82, 2.24) is 15.1 Å². The number of likely N-dealkylation sites (N-methyl/N-ethyl adjacent to an activating group) is 1. The van der Waals surface area contributed by atoms with Gasteiger partial charge in [0.1, 0.15) is 0 Å². The van der Waals surface area contributed by atoms with Gasteiger partial charge in [-0.25, -0.2) is 9.79 Å². The molecule has 3 atom stereocenters. The van der Waals surface area contributed by atoms with Crippen LogP contribution in [0.25, 0.3) is 0 Å². The number of imide groups is 1. The van der Waals surface area contributed by atoms with Crippen molar-refractivity contribution in [2.75, 3.05) is 7.05 Å². The van der Waals surface area contributed by atoms with Crippen LogP contribution in [0.2, 0.25) is 5.02 Å². The fourth-order valence-electron chi connectivity index (χ4n) is 2.81. The van der Waals surface area contributed by atoms with Crippen molar-refractivity contribution in [2.45, 2.75) is 44.3 Å². The second kappa shape index (κ2) is 7.25. The molecule has 0 aromatic heterocycles. The monoisotopic (exact) mass is 380 g/mol. The number of aliphatic imine (C=N–C) groups is 1. The smallest absolute Gasteiger partial charge is 0.325 e. The van der Waals surface area contributed by atoms with Gasteiger partial charge in [0.15, 0.2) is 17.4 Å². The van der Waals surface area contributed by atoms with Crippen LogP contribution in [0.5, 0.6) is 0 Å². The van der Waals surface area contributed by atoms with Crippen molar-refractivity contribution in [3.8, 4) is 0 Å². The highest BCUT2D eigenvalue weighted by Gasteiger charge is 2.48. The molecule has 3 unspecified atom stereocenters. The summed E-state index contributed by atoms with van der Waals surface area (Å²) in [5.74, 6) is -0.300. The summed E-state index contributed by atoms with van der Waals surface area (Å²) >= 11 is 7.60. The molecule has 1 saturated heterocycles. The fraction of sp³-hybridized carbons (Fsp3) is 0.471. The predicted molar refractivity (Wildman–Crippen MR) is 101 cm³/mol. The van der Waals surface area contributed by atoms with E-state index in [-0.39, 0.29) is 5.91 Å². The third kappa shape index (κ3) is 3.62. The zero-order valence-electron chi connectivity index (χ0n) is 14.4. The van der Waals surface area contributed by atoms with Gasteiger partial charge in [0.05, 0.1) is 0 Å². The molecule has 3 rings (SSSR count). The molecule has 2 aliphatic heterocycles. The van der Waals surface area contributed by atoms with Gasteiger partial charge in [-0.2, -0.15) is 0 Å². The van der Waals surface area contributed by atoms with E-state index in [1.165, 1.54) is 4.90 Å². The van der Waals surface area contributed by atoms with E-state index in [1.54, 1.807) is 18.8 Å². The molecule has 0 spiro atoms. The highest BCUT2D eigenvalue weighted by Crippen LogP contribution is 2.32. The molecule has 1 fully saturated rings. The van der Waals surface area contributed by atoms with Crippen molar-refractivity contribution >= 4 is 40.5 Å². The summed E-state index contributed by atoms with van der Waals surface area (Å²) in [6.07, 6.45) is 0.509.